The van der Waals surface area contributed by atoms with Crippen LogP contribution in [-0.2, 0) is 39.7 Å². The van der Waals surface area contributed by atoms with Crippen molar-refractivity contribution < 1.29 is 38.5 Å². The average Bonchev–Trinajstić information content (AvgIpc) is 2.88. The number of rotatable bonds is 8. The minimum atomic E-state index is -4.29. The molecule has 0 aromatic heterocycles. The monoisotopic (exact) mass is 707 g/mol. The Bertz CT molecular complexity index is 1920. The van der Waals surface area contributed by atoms with Gasteiger partial charge in [-0.3, -0.25) is 0 Å². The van der Waals surface area contributed by atoms with E-state index in [9.17, 15) is 38.5 Å². The van der Waals surface area contributed by atoms with E-state index in [0.29, 0.717) is 10.7 Å². The van der Waals surface area contributed by atoms with Gasteiger partial charge in [-0.25, -0.2) is 48.3 Å². The van der Waals surface area contributed by atoms with Crippen molar-refractivity contribution in [2.24, 2.45) is 5.14 Å². The highest BCUT2D eigenvalue weighted by Gasteiger charge is 2.23. The summed E-state index contributed by atoms with van der Waals surface area (Å²) in [7, 11) is -15.1. The van der Waals surface area contributed by atoms with Gasteiger partial charge in [-0.1, -0.05) is 51.4 Å². The molecule has 4 N–H and O–H groups in total. The summed E-state index contributed by atoms with van der Waals surface area (Å²) in [5.41, 5.74) is 2.05. The lowest BCUT2D eigenvalue weighted by Crippen LogP contribution is -2.35. The Morgan fingerprint density at radius 2 is 1.07 bits per heavy atom. The van der Waals surface area contributed by atoms with Gasteiger partial charge in [0.25, 0.3) is 10.0 Å². The number of primary sulfonamides is 1. The number of halogens is 1. The van der Waals surface area contributed by atoms with Gasteiger partial charge >= 0.3 is 6.03 Å². The fourth-order valence-corrected chi connectivity index (χ4v) is 7.01. The third-order valence-electron chi connectivity index (χ3n) is 5.98. The standard InChI is InChI=1S/C20H25ClN2O5S2.C7H9NO4S2/c1-12(2)17-9-14(21)10-18(13(3)4)19(17)22-20(24)23-30(27,28)16-8-6-7-15(11-16)29(5,25)26;1-13(9,10)6-3-2-4-7(5-6)14(8,11)12/h6-13H,1-5H3,(H2,22,23,24);2-5H,1H3,(H2,8,11,12). The first-order valence-electron chi connectivity index (χ1n) is 12.7. The summed E-state index contributed by atoms with van der Waals surface area (Å²) in [6, 6.07) is 12.2. The van der Waals surface area contributed by atoms with Gasteiger partial charge in [0.05, 0.1) is 19.6 Å². The van der Waals surface area contributed by atoms with E-state index < -0.39 is 45.8 Å². The van der Waals surface area contributed by atoms with Crippen molar-refractivity contribution >= 4 is 63.0 Å². The van der Waals surface area contributed by atoms with E-state index in [1.165, 1.54) is 36.4 Å². The summed E-state index contributed by atoms with van der Waals surface area (Å²) in [6.07, 6.45) is 1.97. The van der Waals surface area contributed by atoms with Gasteiger partial charge < -0.3 is 5.32 Å². The number of nitrogens with two attached hydrogens (primary N) is 1. The Kier molecular flexibility index (Phi) is 11.8. The zero-order valence-electron chi connectivity index (χ0n) is 24.7. The molecular weight excluding hydrogens is 674 g/mol. The average molecular weight is 708 g/mol. The lowest BCUT2D eigenvalue weighted by Gasteiger charge is -2.21. The molecule has 0 fully saturated rings. The topological polar surface area (TPSA) is 204 Å². The smallest absolute Gasteiger partial charge is 0.307 e. The number of urea groups is 1. The number of carbonyl (C=O) groups is 1. The van der Waals surface area contributed by atoms with Crippen LogP contribution in [0.25, 0.3) is 0 Å². The van der Waals surface area contributed by atoms with Crippen molar-refractivity contribution in [2.75, 3.05) is 17.8 Å². The highest BCUT2D eigenvalue weighted by Crippen LogP contribution is 2.35. The van der Waals surface area contributed by atoms with Gasteiger partial charge in [0.1, 0.15) is 0 Å². The van der Waals surface area contributed by atoms with Crippen molar-refractivity contribution in [3.8, 4) is 0 Å². The maximum Gasteiger partial charge on any atom is 0.333 e. The number of nitrogens with one attached hydrogen (secondary N) is 2. The van der Waals surface area contributed by atoms with E-state index in [1.807, 2.05) is 32.4 Å². The third-order valence-corrected chi connectivity index (χ3v) is 10.7. The molecule has 3 aromatic rings. The Morgan fingerprint density at radius 3 is 1.45 bits per heavy atom. The van der Waals surface area contributed by atoms with Gasteiger partial charge in [-0.2, -0.15) is 0 Å². The maximum atomic E-state index is 12.6. The maximum absolute atomic E-state index is 12.6. The van der Waals surface area contributed by atoms with Crippen molar-refractivity contribution in [1.82, 2.24) is 4.72 Å². The van der Waals surface area contributed by atoms with Gasteiger partial charge in [-0.05, 0) is 71.5 Å². The van der Waals surface area contributed by atoms with Crippen LogP contribution in [0.15, 0.2) is 80.2 Å². The quantitative estimate of drug-likeness (QED) is 0.306. The lowest BCUT2D eigenvalue weighted by molar-refractivity contribution is 0.256. The second-order valence-electron chi connectivity index (χ2n) is 10.4. The van der Waals surface area contributed by atoms with Crippen molar-refractivity contribution in [2.45, 2.75) is 59.1 Å². The van der Waals surface area contributed by atoms with E-state index in [4.69, 9.17) is 16.7 Å². The van der Waals surface area contributed by atoms with Crippen molar-refractivity contribution in [1.29, 1.82) is 0 Å². The molecule has 0 saturated carbocycles. The molecule has 0 aliphatic rings. The van der Waals surface area contributed by atoms with Crippen LogP contribution in [0.3, 0.4) is 0 Å². The molecule has 0 atom stereocenters. The normalized spacial score (nSPS) is 12.4. The predicted molar refractivity (Wildman–Crippen MR) is 169 cm³/mol. The summed E-state index contributed by atoms with van der Waals surface area (Å²) in [5.74, 6) is 0.0547. The van der Waals surface area contributed by atoms with E-state index in [-0.39, 0.29) is 31.4 Å². The zero-order valence-corrected chi connectivity index (χ0v) is 28.7. The molecule has 0 spiro atoms. The predicted octanol–water partition coefficient (Wildman–Crippen LogP) is 4.24. The minimum absolute atomic E-state index is 0.0274. The number of hydrogen-bond acceptors (Lipinski definition) is 9. The van der Waals surface area contributed by atoms with Crippen LogP contribution >= 0.6 is 11.6 Å². The minimum Gasteiger partial charge on any atom is -0.307 e. The Labute approximate surface area is 264 Å². The van der Waals surface area contributed by atoms with Crippen LogP contribution in [0.2, 0.25) is 5.02 Å². The Hall–Kier alpha value is -3.02. The van der Waals surface area contributed by atoms with Gasteiger partial charge in [0.2, 0.25) is 10.0 Å². The van der Waals surface area contributed by atoms with Crippen LogP contribution in [0.5, 0.6) is 0 Å². The molecule has 3 aromatic carbocycles. The first-order chi connectivity index (χ1) is 19.9. The van der Waals surface area contributed by atoms with Crippen molar-refractivity contribution in [3.05, 3.63) is 76.8 Å². The molecular formula is C27H34ClN3O9S4. The van der Waals surface area contributed by atoms with E-state index in [1.54, 1.807) is 12.1 Å². The Morgan fingerprint density at radius 1 is 0.682 bits per heavy atom. The zero-order chi connectivity index (χ0) is 33.8. The number of sulfonamides is 2. The Balaban J connectivity index is 0.000000402. The molecule has 0 radical (unpaired) electrons. The molecule has 0 unspecified atom stereocenters. The molecule has 0 saturated heterocycles. The first kappa shape index (κ1) is 37.2. The van der Waals surface area contributed by atoms with Crippen molar-refractivity contribution in [3.63, 3.8) is 0 Å². The molecule has 2 amide bonds. The molecule has 0 bridgehead atoms. The number of hydrogen-bond donors (Lipinski definition) is 3. The van der Waals surface area contributed by atoms with E-state index >= 15 is 0 Å². The highest BCUT2D eigenvalue weighted by molar-refractivity contribution is 7.91. The summed E-state index contributed by atoms with van der Waals surface area (Å²) in [5, 5.41) is 8.01. The first-order valence-corrected chi connectivity index (χ1v) is 19.9. The second kappa shape index (κ2) is 14.0. The summed E-state index contributed by atoms with van der Waals surface area (Å²) in [4.78, 5) is 11.8. The lowest BCUT2D eigenvalue weighted by atomic mass is 9.92. The number of anilines is 1. The molecule has 44 heavy (non-hydrogen) atoms. The number of carbonyl (C=O) groups excluding carboxylic acids is 1. The second-order valence-corrected chi connectivity index (χ2v) is 18.1. The highest BCUT2D eigenvalue weighted by atomic mass is 35.5. The molecule has 3 rings (SSSR count). The summed E-state index contributed by atoms with van der Waals surface area (Å²) < 4.78 is 94.5. The fourth-order valence-electron chi connectivity index (χ4n) is 3.78. The van der Waals surface area contributed by atoms with E-state index in [2.05, 4.69) is 5.32 Å². The summed E-state index contributed by atoms with van der Waals surface area (Å²) in [6.45, 7) is 7.75. The largest absolute Gasteiger partial charge is 0.333 e. The number of benzene rings is 3. The third kappa shape index (κ3) is 10.3. The summed E-state index contributed by atoms with van der Waals surface area (Å²) >= 11 is 6.21. The SMILES string of the molecule is CC(C)c1cc(Cl)cc(C(C)C)c1NC(=O)NS(=O)(=O)c1cccc(S(C)(=O)=O)c1.CS(=O)(=O)c1cccc(S(N)(=O)=O)c1. The number of sulfone groups is 2. The van der Waals surface area contributed by atoms with Crippen LogP contribution in [0.4, 0.5) is 10.5 Å². The van der Waals surface area contributed by atoms with Crippen LogP contribution in [-0.4, -0.2) is 52.2 Å². The molecule has 0 aliphatic carbocycles. The fraction of sp³-hybridized carbons (Fsp3) is 0.296. The number of amides is 2. The molecule has 12 nitrogen and oxygen atoms in total. The van der Waals surface area contributed by atoms with Gasteiger partial charge in [0, 0.05) is 23.2 Å². The van der Waals surface area contributed by atoms with Gasteiger partial charge in [-0.15, -0.1) is 0 Å². The molecule has 242 valence electrons. The van der Waals surface area contributed by atoms with Gasteiger partial charge in [0.15, 0.2) is 19.7 Å². The molecule has 0 aliphatic heterocycles. The molecule has 17 heteroatoms. The molecule has 0 heterocycles. The van der Waals surface area contributed by atoms with Crippen LogP contribution in [0.1, 0.15) is 50.7 Å². The van der Waals surface area contributed by atoms with Crippen LogP contribution < -0.4 is 15.2 Å². The van der Waals surface area contributed by atoms with Crippen LogP contribution in [0, 0.1) is 0 Å². The van der Waals surface area contributed by atoms with E-state index in [0.717, 1.165) is 35.8 Å².